The molecule has 1 aliphatic carbocycles. The first kappa shape index (κ1) is 10.4. The molecule has 0 aromatic carbocycles. The van der Waals surface area contributed by atoms with E-state index in [2.05, 4.69) is 5.32 Å². The molecule has 1 amide bonds. The third kappa shape index (κ3) is 1.69. The maximum Gasteiger partial charge on any atom is 0.410 e. The van der Waals surface area contributed by atoms with E-state index in [4.69, 9.17) is 4.74 Å². The zero-order valence-corrected chi connectivity index (χ0v) is 9.71. The van der Waals surface area contributed by atoms with Crippen LogP contribution in [0.1, 0.15) is 38.5 Å². The van der Waals surface area contributed by atoms with Crippen molar-refractivity contribution in [2.24, 2.45) is 0 Å². The van der Waals surface area contributed by atoms with Crippen LogP contribution in [-0.2, 0) is 4.74 Å². The second-order valence-corrected chi connectivity index (χ2v) is 5.37. The number of ether oxygens (including phenoxy) is 1. The maximum absolute atomic E-state index is 11.9. The monoisotopic (exact) mass is 224 g/mol. The lowest BCUT2D eigenvalue weighted by Gasteiger charge is -2.31. The molecule has 0 aromatic heterocycles. The van der Waals surface area contributed by atoms with Gasteiger partial charge in [-0.1, -0.05) is 12.8 Å². The SMILES string of the molecule is O=C1OC2(CCNCC2)CN1C1CCCC1. The zero-order valence-electron chi connectivity index (χ0n) is 9.71. The van der Waals surface area contributed by atoms with Crippen molar-refractivity contribution >= 4 is 6.09 Å². The highest BCUT2D eigenvalue weighted by Gasteiger charge is 2.47. The number of piperidine rings is 1. The van der Waals surface area contributed by atoms with Gasteiger partial charge in [-0.2, -0.15) is 0 Å². The third-order valence-corrected chi connectivity index (χ3v) is 4.28. The summed E-state index contributed by atoms with van der Waals surface area (Å²) in [6, 6.07) is 0.460. The van der Waals surface area contributed by atoms with Crippen molar-refractivity contribution in [3.63, 3.8) is 0 Å². The molecule has 16 heavy (non-hydrogen) atoms. The van der Waals surface area contributed by atoms with Gasteiger partial charge in [0.05, 0.1) is 6.54 Å². The highest BCUT2D eigenvalue weighted by Crippen LogP contribution is 2.35. The summed E-state index contributed by atoms with van der Waals surface area (Å²) in [4.78, 5) is 13.9. The molecule has 3 fully saturated rings. The number of carbonyl (C=O) groups is 1. The van der Waals surface area contributed by atoms with Gasteiger partial charge in [0.15, 0.2) is 0 Å². The molecule has 3 rings (SSSR count). The molecular weight excluding hydrogens is 204 g/mol. The summed E-state index contributed by atoms with van der Waals surface area (Å²) in [5.74, 6) is 0. The summed E-state index contributed by atoms with van der Waals surface area (Å²) in [7, 11) is 0. The van der Waals surface area contributed by atoms with Gasteiger partial charge in [0.25, 0.3) is 0 Å². The minimum atomic E-state index is -0.162. The number of nitrogens with one attached hydrogen (secondary N) is 1. The predicted octanol–water partition coefficient (Wildman–Crippen LogP) is 1.50. The van der Waals surface area contributed by atoms with E-state index in [9.17, 15) is 4.79 Å². The molecule has 90 valence electrons. The van der Waals surface area contributed by atoms with Crippen LogP contribution in [0.15, 0.2) is 0 Å². The lowest BCUT2D eigenvalue weighted by molar-refractivity contribution is 0.0316. The van der Waals surface area contributed by atoms with Crippen LogP contribution in [0.3, 0.4) is 0 Å². The smallest absolute Gasteiger partial charge is 0.410 e. The molecule has 4 nitrogen and oxygen atoms in total. The molecule has 0 atom stereocenters. The van der Waals surface area contributed by atoms with Crippen LogP contribution in [0, 0.1) is 0 Å². The van der Waals surface area contributed by atoms with E-state index in [0.717, 1.165) is 32.5 Å². The fraction of sp³-hybridized carbons (Fsp3) is 0.917. The topological polar surface area (TPSA) is 41.6 Å². The van der Waals surface area contributed by atoms with Crippen molar-refractivity contribution in [2.75, 3.05) is 19.6 Å². The van der Waals surface area contributed by atoms with Crippen LogP contribution in [0.4, 0.5) is 4.79 Å². The number of hydrogen-bond donors (Lipinski definition) is 1. The summed E-state index contributed by atoms with van der Waals surface area (Å²) in [5, 5.41) is 3.33. The van der Waals surface area contributed by atoms with Gasteiger partial charge in [-0.3, -0.25) is 0 Å². The number of hydrogen-bond acceptors (Lipinski definition) is 3. The van der Waals surface area contributed by atoms with Crippen molar-refractivity contribution in [1.29, 1.82) is 0 Å². The van der Waals surface area contributed by atoms with Gasteiger partial charge >= 0.3 is 6.09 Å². The first-order valence-corrected chi connectivity index (χ1v) is 6.49. The molecule has 1 saturated carbocycles. The minimum Gasteiger partial charge on any atom is -0.441 e. The summed E-state index contributed by atoms with van der Waals surface area (Å²) in [5.41, 5.74) is -0.162. The lowest BCUT2D eigenvalue weighted by atomic mass is 9.92. The van der Waals surface area contributed by atoms with E-state index in [0.29, 0.717) is 6.04 Å². The quantitative estimate of drug-likeness (QED) is 0.734. The van der Waals surface area contributed by atoms with Gasteiger partial charge in [-0.25, -0.2) is 4.79 Å². The van der Waals surface area contributed by atoms with E-state index in [1.807, 2.05) is 4.90 Å². The van der Waals surface area contributed by atoms with Crippen LogP contribution >= 0.6 is 0 Å². The Labute approximate surface area is 96.3 Å². The number of carbonyl (C=O) groups excluding carboxylic acids is 1. The molecule has 1 N–H and O–H groups in total. The van der Waals surface area contributed by atoms with E-state index >= 15 is 0 Å². The molecular formula is C12H20N2O2. The molecule has 3 aliphatic rings. The average molecular weight is 224 g/mol. The molecule has 0 aromatic rings. The van der Waals surface area contributed by atoms with Gasteiger partial charge in [0, 0.05) is 18.9 Å². The molecule has 2 saturated heterocycles. The van der Waals surface area contributed by atoms with Crippen LogP contribution in [0.2, 0.25) is 0 Å². The predicted molar refractivity (Wildman–Crippen MR) is 60.3 cm³/mol. The highest BCUT2D eigenvalue weighted by molar-refractivity contribution is 5.71. The van der Waals surface area contributed by atoms with E-state index in [1.54, 1.807) is 0 Å². The second kappa shape index (κ2) is 3.91. The van der Waals surface area contributed by atoms with Crippen molar-refractivity contribution < 1.29 is 9.53 Å². The first-order valence-electron chi connectivity index (χ1n) is 6.49. The Morgan fingerprint density at radius 3 is 2.62 bits per heavy atom. The third-order valence-electron chi connectivity index (χ3n) is 4.28. The molecule has 0 radical (unpaired) electrons. The molecule has 2 heterocycles. The molecule has 4 heteroatoms. The fourth-order valence-corrected chi connectivity index (χ4v) is 3.29. The standard InChI is InChI=1S/C12H20N2O2/c15-11-14(10-3-1-2-4-10)9-12(16-11)5-7-13-8-6-12/h10,13H,1-9H2. The Kier molecular flexibility index (Phi) is 2.54. The number of nitrogens with zero attached hydrogens (tertiary/aromatic N) is 1. The number of rotatable bonds is 1. The number of amides is 1. The molecule has 1 spiro atoms. The average Bonchev–Trinajstić information content (AvgIpc) is 2.88. The first-order chi connectivity index (χ1) is 7.79. The van der Waals surface area contributed by atoms with Gasteiger partial charge in [0.1, 0.15) is 5.60 Å². The Balaban J connectivity index is 1.70. The summed E-state index contributed by atoms with van der Waals surface area (Å²) in [6.45, 7) is 2.79. The molecule has 0 unspecified atom stereocenters. The van der Waals surface area contributed by atoms with Gasteiger partial charge in [-0.05, 0) is 25.9 Å². The summed E-state index contributed by atoms with van der Waals surface area (Å²) < 4.78 is 5.66. The highest BCUT2D eigenvalue weighted by atomic mass is 16.6. The lowest BCUT2D eigenvalue weighted by Crippen LogP contribution is -2.45. The summed E-state index contributed by atoms with van der Waals surface area (Å²) in [6.07, 6.45) is 6.76. The van der Waals surface area contributed by atoms with E-state index < -0.39 is 0 Å². The Morgan fingerprint density at radius 2 is 1.94 bits per heavy atom. The minimum absolute atomic E-state index is 0.0613. The normalized spacial score (nSPS) is 30.0. The van der Waals surface area contributed by atoms with Crippen LogP contribution < -0.4 is 5.32 Å². The maximum atomic E-state index is 11.9. The van der Waals surface area contributed by atoms with Crippen LogP contribution in [0.25, 0.3) is 0 Å². The van der Waals surface area contributed by atoms with Crippen molar-refractivity contribution in [3.8, 4) is 0 Å². The van der Waals surface area contributed by atoms with Crippen molar-refractivity contribution in [3.05, 3.63) is 0 Å². The van der Waals surface area contributed by atoms with Gasteiger partial charge in [-0.15, -0.1) is 0 Å². The van der Waals surface area contributed by atoms with Gasteiger partial charge < -0.3 is 15.0 Å². The zero-order chi connectivity index (χ0) is 11.0. The Bertz CT molecular complexity index is 281. The molecule has 0 bridgehead atoms. The van der Waals surface area contributed by atoms with Crippen LogP contribution in [-0.4, -0.2) is 42.3 Å². The van der Waals surface area contributed by atoms with E-state index in [1.165, 1.54) is 25.7 Å². The second-order valence-electron chi connectivity index (χ2n) is 5.37. The van der Waals surface area contributed by atoms with Crippen LogP contribution in [0.5, 0.6) is 0 Å². The fourth-order valence-electron chi connectivity index (χ4n) is 3.29. The molecule has 2 aliphatic heterocycles. The largest absolute Gasteiger partial charge is 0.441 e. The summed E-state index contributed by atoms with van der Waals surface area (Å²) >= 11 is 0. The van der Waals surface area contributed by atoms with Gasteiger partial charge in [0.2, 0.25) is 0 Å². The van der Waals surface area contributed by atoms with Crippen molar-refractivity contribution in [2.45, 2.75) is 50.2 Å². The van der Waals surface area contributed by atoms with Crippen molar-refractivity contribution in [1.82, 2.24) is 10.2 Å². The van der Waals surface area contributed by atoms with E-state index in [-0.39, 0.29) is 11.7 Å². The Morgan fingerprint density at radius 1 is 1.25 bits per heavy atom. The Hall–Kier alpha value is -0.770.